The SMILES string of the molecule is Cc1cc(Br)ccc1NC(=O)CCNC(=O)NC1CCCCC1. The van der Waals surface area contributed by atoms with Crippen LogP contribution in [0.1, 0.15) is 44.1 Å². The molecule has 1 aromatic carbocycles. The molecule has 0 saturated heterocycles. The lowest BCUT2D eigenvalue weighted by Crippen LogP contribution is -2.43. The molecular formula is C17H24BrN3O2. The number of hydrogen-bond acceptors (Lipinski definition) is 2. The molecular weight excluding hydrogens is 358 g/mol. The standard InChI is InChI=1S/C17H24BrN3O2/c1-12-11-13(18)7-8-15(12)21-16(22)9-10-19-17(23)20-14-5-3-2-4-6-14/h7-8,11,14H,2-6,9-10H2,1H3,(H,21,22)(H2,19,20,23). The third-order valence-corrected chi connectivity index (χ3v) is 4.53. The molecule has 0 radical (unpaired) electrons. The number of hydrogen-bond donors (Lipinski definition) is 3. The zero-order valence-electron chi connectivity index (χ0n) is 13.5. The van der Waals surface area contributed by atoms with Crippen LogP contribution < -0.4 is 16.0 Å². The molecule has 126 valence electrons. The first-order valence-electron chi connectivity index (χ1n) is 8.15. The predicted molar refractivity (Wildman–Crippen MR) is 95.5 cm³/mol. The highest BCUT2D eigenvalue weighted by Crippen LogP contribution is 2.20. The molecule has 2 rings (SSSR count). The number of anilines is 1. The predicted octanol–water partition coefficient (Wildman–Crippen LogP) is 3.72. The molecule has 1 aromatic rings. The normalized spacial score (nSPS) is 15.0. The molecule has 1 fully saturated rings. The van der Waals surface area contributed by atoms with Gasteiger partial charge in [0.1, 0.15) is 0 Å². The Labute approximate surface area is 145 Å². The fraction of sp³-hybridized carbons (Fsp3) is 0.529. The summed E-state index contributed by atoms with van der Waals surface area (Å²) in [5.41, 5.74) is 1.79. The molecule has 6 heteroatoms. The van der Waals surface area contributed by atoms with Crippen LogP contribution in [0.15, 0.2) is 22.7 Å². The summed E-state index contributed by atoms with van der Waals surface area (Å²) in [5, 5.41) is 8.58. The number of carbonyl (C=O) groups is 2. The number of benzene rings is 1. The van der Waals surface area contributed by atoms with E-state index in [9.17, 15) is 9.59 Å². The third kappa shape index (κ3) is 6.22. The lowest BCUT2D eigenvalue weighted by atomic mass is 9.96. The minimum atomic E-state index is -0.176. The average Bonchev–Trinajstić information content (AvgIpc) is 2.51. The van der Waals surface area contributed by atoms with E-state index in [4.69, 9.17) is 0 Å². The minimum Gasteiger partial charge on any atom is -0.338 e. The number of aryl methyl sites for hydroxylation is 1. The molecule has 3 amide bonds. The zero-order chi connectivity index (χ0) is 16.7. The zero-order valence-corrected chi connectivity index (χ0v) is 15.0. The quantitative estimate of drug-likeness (QED) is 0.727. The summed E-state index contributed by atoms with van der Waals surface area (Å²) in [6.07, 6.45) is 5.98. The molecule has 3 N–H and O–H groups in total. The Morgan fingerprint density at radius 1 is 1.22 bits per heavy atom. The first-order chi connectivity index (χ1) is 11.0. The van der Waals surface area contributed by atoms with Gasteiger partial charge in [0.2, 0.25) is 5.91 Å². The van der Waals surface area contributed by atoms with E-state index in [1.807, 2.05) is 25.1 Å². The highest BCUT2D eigenvalue weighted by atomic mass is 79.9. The Bertz CT molecular complexity index is 557. The summed E-state index contributed by atoms with van der Waals surface area (Å²) in [7, 11) is 0. The fourth-order valence-corrected chi connectivity index (χ4v) is 3.23. The van der Waals surface area contributed by atoms with Crippen LogP contribution >= 0.6 is 15.9 Å². The molecule has 0 bridgehead atoms. The molecule has 0 heterocycles. The van der Waals surface area contributed by atoms with Gasteiger partial charge in [0.15, 0.2) is 0 Å². The second-order valence-electron chi connectivity index (χ2n) is 5.99. The van der Waals surface area contributed by atoms with Gasteiger partial charge in [0, 0.05) is 29.2 Å². The maximum atomic E-state index is 11.9. The number of halogens is 1. The minimum absolute atomic E-state index is 0.103. The largest absolute Gasteiger partial charge is 0.338 e. The van der Waals surface area contributed by atoms with Crippen molar-refractivity contribution in [2.75, 3.05) is 11.9 Å². The van der Waals surface area contributed by atoms with Crippen molar-refractivity contribution in [2.24, 2.45) is 0 Å². The number of carbonyl (C=O) groups excluding carboxylic acids is 2. The Morgan fingerprint density at radius 2 is 1.96 bits per heavy atom. The Balaban J connectivity index is 1.66. The van der Waals surface area contributed by atoms with Crippen LogP contribution in [0, 0.1) is 6.92 Å². The first-order valence-corrected chi connectivity index (χ1v) is 8.94. The second kappa shape index (κ2) is 8.91. The fourth-order valence-electron chi connectivity index (χ4n) is 2.75. The van der Waals surface area contributed by atoms with E-state index in [1.54, 1.807) is 0 Å². The van der Waals surface area contributed by atoms with Gasteiger partial charge in [-0.05, 0) is 43.5 Å². The van der Waals surface area contributed by atoms with E-state index in [1.165, 1.54) is 19.3 Å². The van der Waals surface area contributed by atoms with Gasteiger partial charge in [0.05, 0.1) is 0 Å². The third-order valence-electron chi connectivity index (χ3n) is 4.04. The lowest BCUT2D eigenvalue weighted by Gasteiger charge is -2.22. The Kier molecular flexibility index (Phi) is 6.89. The summed E-state index contributed by atoms with van der Waals surface area (Å²) in [6, 6.07) is 5.80. The summed E-state index contributed by atoms with van der Waals surface area (Å²) in [6.45, 7) is 2.27. The number of amides is 3. The van der Waals surface area contributed by atoms with Crippen LogP contribution in [0.25, 0.3) is 0 Å². The molecule has 23 heavy (non-hydrogen) atoms. The summed E-state index contributed by atoms with van der Waals surface area (Å²) in [5.74, 6) is -0.103. The molecule has 1 aliphatic carbocycles. The van der Waals surface area contributed by atoms with Crippen LogP contribution in [0.3, 0.4) is 0 Å². The van der Waals surface area contributed by atoms with Gasteiger partial charge in [-0.1, -0.05) is 35.2 Å². The van der Waals surface area contributed by atoms with Crippen molar-refractivity contribution in [3.05, 3.63) is 28.2 Å². The highest BCUT2D eigenvalue weighted by molar-refractivity contribution is 9.10. The molecule has 1 aliphatic rings. The summed E-state index contributed by atoms with van der Waals surface area (Å²) in [4.78, 5) is 23.7. The van der Waals surface area contributed by atoms with E-state index in [0.717, 1.165) is 28.6 Å². The summed E-state index contributed by atoms with van der Waals surface area (Å²) < 4.78 is 0.981. The van der Waals surface area contributed by atoms with Gasteiger partial charge in [-0.2, -0.15) is 0 Å². The van der Waals surface area contributed by atoms with Crippen LogP contribution in [0.5, 0.6) is 0 Å². The molecule has 0 unspecified atom stereocenters. The molecule has 0 spiro atoms. The van der Waals surface area contributed by atoms with Crippen molar-refractivity contribution in [3.63, 3.8) is 0 Å². The van der Waals surface area contributed by atoms with Crippen molar-refractivity contribution in [2.45, 2.75) is 51.5 Å². The summed E-state index contributed by atoms with van der Waals surface area (Å²) >= 11 is 3.39. The van der Waals surface area contributed by atoms with Crippen molar-refractivity contribution in [3.8, 4) is 0 Å². The van der Waals surface area contributed by atoms with Crippen LogP contribution in [-0.4, -0.2) is 24.5 Å². The van der Waals surface area contributed by atoms with Crippen molar-refractivity contribution in [1.29, 1.82) is 0 Å². The number of urea groups is 1. The number of nitrogens with one attached hydrogen (secondary N) is 3. The van der Waals surface area contributed by atoms with E-state index in [-0.39, 0.29) is 24.4 Å². The van der Waals surface area contributed by atoms with E-state index >= 15 is 0 Å². The van der Waals surface area contributed by atoms with Crippen molar-refractivity contribution < 1.29 is 9.59 Å². The Morgan fingerprint density at radius 3 is 2.65 bits per heavy atom. The molecule has 1 saturated carbocycles. The maximum absolute atomic E-state index is 11.9. The van der Waals surface area contributed by atoms with Crippen LogP contribution in [0.4, 0.5) is 10.5 Å². The second-order valence-corrected chi connectivity index (χ2v) is 6.91. The molecule has 0 aliphatic heterocycles. The molecule has 5 nitrogen and oxygen atoms in total. The first kappa shape index (κ1) is 17.8. The van der Waals surface area contributed by atoms with E-state index < -0.39 is 0 Å². The van der Waals surface area contributed by atoms with Gasteiger partial charge in [-0.3, -0.25) is 4.79 Å². The van der Waals surface area contributed by atoms with Gasteiger partial charge in [0.25, 0.3) is 0 Å². The van der Waals surface area contributed by atoms with Gasteiger partial charge >= 0.3 is 6.03 Å². The van der Waals surface area contributed by atoms with Crippen molar-refractivity contribution in [1.82, 2.24) is 10.6 Å². The van der Waals surface area contributed by atoms with Crippen LogP contribution in [0.2, 0.25) is 0 Å². The van der Waals surface area contributed by atoms with Crippen molar-refractivity contribution >= 4 is 33.6 Å². The topological polar surface area (TPSA) is 70.2 Å². The highest BCUT2D eigenvalue weighted by Gasteiger charge is 2.15. The monoisotopic (exact) mass is 381 g/mol. The van der Waals surface area contributed by atoms with Gasteiger partial charge in [-0.25, -0.2) is 4.79 Å². The molecule has 0 aromatic heterocycles. The van der Waals surface area contributed by atoms with E-state index in [2.05, 4.69) is 31.9 Å². The van der Waals surface area contributed by atoms with Crippen LogP contribution in [-0.2, 0) is 4.79 Å². The molecule has 0 atom stereocenters. The van der Waals surface area contributed by atoms with Gasteiger partial charge < -0.3 is 16.0 Å². The maximum Gasteiger partial charge on any atom is 0.315 e. The smallest absolute Gasteiger partial charge is 0.315 e. The number of rotatable bonds is 5. The lowest BCUT2D eigenvalue weighted by molar-refractivity contribution is -0.116. The Hall–Kier alpha value is -1.56. The van der Waals surface area contributed by atoms with Gasteiger partial charge in [-0.15, -0.1) is 0 Å². The average molecular weight is 382 g/mol. The van der Waals surface area contributed by atoms with E-state index in [0.29, 0.717) is 6.54 Å².